The summed E-state index contributed by atoms with van der Waals surface area (Å²) in [6.07, 6.45) is 3.13. The Morgan fingerprint density at radius 2 is 2.04 bits per heavy atom. The minimum Gasteiger partial charge on any atom is -0.485 e. The summed E-state index contributed by atoms with van der Waals surface area (Å²) < 4.78 is 24.4. The molecule has 1 saturated heterocycles. The first-order valence-corrected chi connectivity index (χ1v) is 9.56. The first kappa shape index (κ1) is 19.2. The van der Waals surface area contributed by atoms with Crippen LogP contribution in [0.3, 0.4) is 0 Å². The Labute approximate surface area is 160 Å². The molecule has 0 saturated carbocycles. The van der Waals surface area contributed by atoms with Gasteiger partial charge in [-0.25, -0.2) is 14.2 Å². The third-order valence-electron chi connectivity index (χ3n) is 4.32. The van der Waals surface area contributed by atoms with Crippen molar-refractivity contribution in [3.05, 3.63) is 54.0 Å². The van der Waals surface area contributed by atoms with Crippen LogP contribution >= 0.6 is 11.8 Å². The Bertz CT molecular complexity index is 848. The van der Waals surface area contributed by atoms with Crippen molar-refractivity contribution in [2.45, 2.75) is 23.6 Å². The first-order chi connectivity index (χ1) is 13.0. The molecule has 142 valence electrons. The Morgan fingerprint density at radius 1 is 1.26 bits per heavy atom. The molecule has 0 N–H and O–H groups in total. The van der Waals surface area contributed by atoms with E-state index in [1.165, 1.54) is 35.9 Å². The summed E-state index contributed by atoms with van der Waals surface area (Å²) in [5.74, 6) is -1.26. The Kier molecular flexibility index (Phi) is 5.95. The van der Waals surface area contributed by atoms with Gasteiger partial charge in [0.2, 0.25) is 0 Å². The van der Waals surface area contributed by atoms with Crippen molar-refractivity contribution in [2.75, 3.05) is 19.9 Å². The number of pyridine rings is 1. The van der Waals surface area contributed by atoms with Gasteiger partial charge in [0.25, 0.3) is 5.91 Å². The summed E-state index contributed by atoms with van der Waals surface area (Å²) in [4.78, 5) is 30.9. The highest BCUT2D eigenvalue weighted by Crippen LogP contribution is 2.28. The minimum atomic E-state index is -0.797. The van der Waals surface area contributed by atoms with E-state index in [2.05, 4.69) is 4.98 Å². The van der Waals surface area contributed by atoms with Gasteiger partial charge in [-0.05, 0) is 30.5 Å². The minimum absolute atomic E-state index is 0.0894. The van der Waals surface area contributed by atoms with Crippen LogP contribution in [0.25, 0.3) is 0 Å². The predicted octanol–water partition coefficient (Wildman–Crippen LogP) is 2.78. The topological polar surface area (TPSA) is 68.7 Å². The quantitative estimate of drug-likeness (QED) is 0.578. The maximum Gasteiger partial charge on any atom is 0.328 e. The van der Waals surface area contributed by atoms with Gasteiger partial charge in [0.15, 0.2) is 11.6 Å². The lowest BCUT2D eigenvalue weighted by atomic mass is 10.2. The maximum atomic E-state index is 13.9. The van der Waals surface area contributed by atoms with E-state index in [4.69, 9.17) is 9.47 Å². The number of carbonyl (C=O) groups is 2. The predicted molar refractivity (Wildman–Crippen MR) is 98.3 cm³/mol. The molecule has 1 aliphatic heterocycles. The van der Waals surface area contributed by atoms with Gasteiger partial charge >= 0.3 is 5.97 Å². The summed E-state index contributed by atoms with van der Waals surface area (Å²) in [6, 6.07) is 8.58. The molecule has 2 atom stereocenters. The van der Waals surface area contributed by atoms with Crippen LogP contribution in [0.2, 0.25) is 0 Å². The Balaban J connectivity index is 1.85. The highest BCUT2D eigenvalue weighted by molar-refractivity contribution is 7.98. The first-order valence-electron chi connectivity index (χ1n) is 8.34. The number of carbonyl (C=O) groups excluding carboxylic acids is 2. The summed E-state index contributed by atoms with van der Waals surface area (Å²) in [6.45, 7) is 0.148. The van der Waals surface area contributed by atoms with Crippen molar-refractivity contribution >= 4 is 23.6 Å². The molecule has 0 radical (unpaired) electrons. The second-order valence-corrected chi connectivity index (χ2v) is 6.76. The maximum absolute atomic E-state index is 13.9. The van der Waals surface area contributed by atoms with Crippen molar-refractivity contribution in [1.29, 1.82) is 0 Å². The van der Waals surface area contributed by atoms with Crippen LogP contribution in [-0.2, 0) is 9.53 Å². The largest absolute Gasteiger partial charge is 0.485 e. The van der Waals surface area contributed by atoms with Crippen LogP contribution in [0, 0.1) is 5.82 Å². The van der Waals surface area contributed by atoms with Gasteiger partial charge in [0.05, 0.1) is 19.2 Å². The number of ether oxygens (including phenoxy) is 2. The number of benzene rings is 1. The lowest BCUT2D eigenvalue weighted by molar-refractivity contribution is -0.145. The van der Waals surface area contributed by atoms with E-state index >= 15 is 0 Å². The molecule has 1 aromatic carbocycles. The van der Waals surface area contributed by atoms with Crippen molar-refractivity contribution in [2.24, 2.45) is 0 Å². The number of thioether (sulfide) groups is 1. The van der Waals surface area contributed by atoms with Gasteiger partial charge < -0.3 is 14.4 Å². The molecule has 0 aliphatic carbocycles. The van der Waals surface area contributed by atoms with Crippen LogP contribution in [0.1, 0.15) is 16.8 Å². The monoisotopic (exact) mass is 390 g/mol. The average molecular weight is 390 g/mol. The van der Waals surface area contributed by atoms with Crippen molar-refractivity contribution in [3.63, 3.8) is 0 Å². The van der Waals surface area contributed by atoms with E-state index in [1.54, 1.807) is 30.5 Å². The standard InChI is InChI=1S/C19H19FN2O4S/c1-25-19(24)15-10-12(26-16-8-4-3-7-14(16)20)11-22(15)18(23)13-6-5-9-21-17(13)27-2/h3-9,12,15H,10-11H2,1-2H3/t12-,15+/m0/s1. The van der Waals surface area contributed by atoms with Crippen molar-refractivity contribution in [3.8, 4) is 5.75 Å². The van der Waals surface area contributed by atoms with E-state index in [1.807, 2.05) is 6.26 Å². The number of para-hydroxylation sites is 1. The summed E-state index contributed by atoms with van der Waals surface area (Å²) >= 11 is 1.35. The molecule has 1 aliphatic rings. The zero-order chi connectivity index (χ0) is 19.4. The van der Waals surface area contributed by atoms with Crippen LogP contribution in [0.4, 0.5) is 4.39 Å². The van der Waals surface area contributed by atoms with E-state index in [-0.39, 0.29) is 24.6 Å². The van der Waals surface area contributed by atoms with Gasteiger partial charge in [0, 0.05) is 12.6 Å². The molecule has 3 rings (SSSR count). The van der Waals surface area contributed by atoms with E-state index < -0.39 is 23.9 Å². The number of likely N-dealkylation sites (tertiary alicyclic amines) is 1. The zero-order valence-corrected chi connectivity index (χ0v) is 15.7. The van der Waals surface area contributed by atoms with Crippen LogP contribution < -0.4 is 4.74 Å². The molecular weight excluding hydrogens is 371 g/mol. The third-order valence-corrected chi connectivity index (χ3v) is 5.03. The number of hydrogen-bond acceptors (Lipinski definition) is 6. The smallest absolute Gasteiger partial charge is 0.328 e. The molecule has 1 amide bonds. The number of hydrogen-bond donors (Lipinski definition) is 0. The fourth-order valence-corrected chi connectivity index (χ4v) is 3.60. The molecule has 2 aromatic rings. The number of nitrogens with zero attached hydrogens (tertiary/aromatic N) is 2. The normalized spacial score (nSPS) is 19.0. The van der Waals surface area contributed by atoms with Gasteiger partial charge in [-0.15, -0.1) is 11.8 Å². The molecule has 8 heteroatoms. The number of rotatable bonds is 5. The van der Waals surface area contributed by atoms with E-state index in [0.29, 0.717) is 10.6 Å². The van der Waals surface area contributed by atoms with Gasteiger partial charge in [0.1, 0.15) is 17.2 Å². The van der Waals surface area contributed by atoms with Gasteiger partial charge in [-0.1, -0.05) is 12.1 Å². The van der Waals surface area contributed by atoms with Gasteiger partial charge in [-0.3, -0.25) is 4.79 Å². The highest BCUT2D eigenvalue weighted by atomic mass is 32.2. The van der Waals surface area contributed by atoms with Crippen molar-refractivity contribution < 1.29 is 23.5 Å². The number of methoxy groups -OCH3 is 1. The third kappa shape index (κ3) is 4.05. The molecule has 1 aromatic heterocycles. The second kappa shape index (κ2) is 8.39. The molecular formula is C19H19FN2O4S. The van der Waals surface area contributed by atoms with Crippen LogP contribution in [-0.4, -0.2) is 53.8 Å². The van der Waals surface area contributed by atoms with Crippen molar-refractivity contribution in [1.82, 2.24) is 9.88 Å². The number of aromatic nitrogens is 1. The molecule has 2 heterocycles. The van der Waals surface area contributed by atoms with Crippen LogP contribution in [0.5, 0.6) is 5.75 Å². The summed E-state index contributed by atoms with van der Waals surface area (Å²) in [5, 5.41) is 0.574. The molecule has 0 bridgehead atoms. The number of amides is 1. The van der Waals surface area contributed by atoms with E-state index in [9.17, 15) is 14.0 Å². The highest BCUT2D eigenvalue weighted by Gasteiger charge is 2.42. The summed E-state index contributed by atoms with van der Waals surface area (Å²) in [7, 11) is 1.27. The fraction of sp³-hybridized carbons (Fsp3) is 0.316. The molecule has 6 nitrogen and oxygen atoms in total. The Hall–Kier alpha value is -2.61. The molecule has 27 heavy (non-hydrogen) atoms. The fourth-order valence-electron chi connectivity index (χ4n) is 3.06. The number of esters is 1. The molecule has 0 spiro atoms. The van der Waals surface area contributed by atoms with Crippen LogP contribution in [0.15, 0.2) is 47.6 Å². The Morgan fingerprint density at radius 3 is 2.74 bits per heavy atom. The lowest BCUT2D eigenvalue weighted by Gasteiger charge is -2.23. The average Bonchev–Trinajstić information content (AvgIpc) is 3.12. The van der Waals surface area contributed by atoms with Gasteiger partial charge in [-0.2, -0.15) is 0 Å². The molecule has 1 fully saturated rings. The zero-order valence-electron chi connectivity index (χ0n) is 14.9. The number of halogens is 1. The second-order valence-electron chi connectivity index (χ2n) is 5.96. The lowest BCUT2D eigenvalue weighted by Crippen LogP contribution is -2.41. The molecule has 0 unspecified atom stereocenters. The SMILES string of the molecule is COC(=O)[C@H]1C[C@H](Oc2ccccc2F)CN1C(=O)c1cccnc1SC. The summed E-state index contributed by atoms with van der Waals surface area (Å²) in [5.41, 5.74) is 0.408. The van der Waals surface area contributed by atoms with E-state index in [0.717, 1.165) is 0 Å².